The van der Waals surface area contributed by atoms with Crippen LogP contribution in [0.3, 0.4) is 0 Å². The zero-order valence-corrected chi connectivity index (χ0v) is 3.11. The van der Waals surface area contributed by atoms with Gasteiger partial charge >= 0.3 is 0 Å². The van der Waals surface area contributed by atoms with Crippen LogP contribution >= 0.6 is 0 Å². The highest BCUT2D eigenvalue weighted by Crippen LogP contribution is 1.74. The standard InChI is InChI=1S/C2H6BFN/c1-2(4)3-5/h2H,5H2,1H3. The van der Waals surface area contributed by atoms with Crippen molar-refractivity contribution in [3.05, 3.63) is 0 Å². The molecule has 2 N–H and O–H groups in total. The summed E-state index contributed by atoms with van der Waals surface area (Å²) >= 11 is 0. The normalized spacial score (nSPS) is 14.2. The molecule has 0 heterocycles. The lowest BCUT2D eigenvalue weighted by Gasteiger charge is -1.83. The van der Waals surface area contributed by atoms with Crippen LogP contribution < -0.4 is 5.64 Å². The third-order valence-corrected chi connectivity index (χ3v) is 0.265. The van der Waals surface area contributed by atoms with Crippen molar-refractivity contribution < 1.29 is 4.39 Å². The molecule has 1 radical (unpaired) electrons. The van der Waals surface area contributed by atoms with Crippen molar-refractivity contribution in [2.75, 3.05) is 0 Å². The second-order valence-corrected chi connectivity index (χ2v) is 0.870. The van der Waals surface area contributed by atoms with Gasteiger partial charge in [0.1, 0.15) is 0 Å². The van der Waals surface area contributed by atoms with E-state index in [4.69, 9.17) is 0 Å². The van der Waals surface area contributed by atoms with E-state index in [0.717, 1.165) is 7.41 Å². The Balaban J connectivity index is 2.54. The zero-order chi connectivity index (χ0) is 4.28. The molecule has 0 aromatic heterocycles. The van der Waals surface area contributed by atoms with Crippen molar-refractivity contribution in [1.82, 2.24) is 0 Å². The Hall–Kier alpha value is -0.0451. The van der Waals surface area contributed by atoms with E-state index < -0.39 is 6.07 Å². The third-order valence-electron chi connectivity index (χ3n) is 0.265. The molecule has 0 aromatic rings. The summed E-state index contributed by atoms with van der Waals surface area (Å²) < 4.78 is 11.2. The fourth-order valence-electron chi connectivity index (χ4n) is 0. The highest BCUT2D eigenvalue weighted by molar-refractivity contribution is 6.32. The Morgan fingerprint density at radius 3 is 2.20 bits per heavy atom. The van der Waals surface area contributed by atoms with Gasteiger partial charge in [-0.15, -0.1) is 0 Å². The Labute approximate surface area is 31.6 Å². The quantitative estimate of drug-likeness (QED) is 0.431. The van der Waals surface area contributed by atoms with E-state index in [1.165, 1.54) is 6.92 Å². The van der Waals surface area contributed by atoms with E-state index in [1.54, 1.807) is 0 Å². The fourth-order valence-corrected chi connectivity index (χ4v) is 0. The summed E-state index contributed by atoms with van der Waals surface area (Å²) in [6, 6.07) is 0. The summed E-state index contributed by atoms with van der Waals surface area (Å²) in [5.74, 6) is 0. The Morgan fingerprint density at radius 2 is 2.20 bits per heavy atom. The van der Waals surface area contributed by atoms with E-state index in [9.17, 15) is 4.39 Å². The first kappa shape index (κ1) is 4.95. The van der Waals surface area contributed by atoms with Gasteiger partial charge in [0.05, 0.1) is 6.07 Å². The lowest BCUT2D eigenvalue weighted by Crippen LogP contribution is -2.15. The van der Waals surface area contributed by atoms with E-state index in [0.29, 0.717) is 0 Å². The van der Waals surface area contributed by atoms with E-state index in [1.807, 2.05) is 0 Å². The molecule has 0 rings (SSSR count). The maximum atomic E-state index is 11.2. The molecule has 1 nitrogen and oxygen atoms in total. The molecule has 1 unspecified atom stereocenters. The Morgan fingerprint density at radius 1 is 2.00 bits per heavy atom. The van der Waals surface area contributed by atoms with Gasteiger partial charge in [0.25, 0.3) is 0 Å². The van der Waals surface area contributed by atoms with Crippen molar-refractivity contribution in [2.24, 2.45) is 5.64 Å². The molecule has 0 bridgehead atoms. The molecule has 0 aromatic carbocycles. The van der Waals surface area contributed by atoms with E-state index in [-0.39, 0.29) is 0 Å². The largest absolute Gasteiger partial charge is 0.372 e. The Bertz CT molecular complexity index is 23.6. The van der Waals surface area contributed by atoms with Crippen LogP contribution in [-0.2, 0) is 0 Å². The van der Waals surface area contributed by atoms with Gasteiger partial charge < -0.3 is 5.64 Å². The van der Waals surface area contributed by atoms with Gasteiger partial charge in [-0.1, -0.05) is 0 Å². The molecular formula is C2H6BFN. The monoisotopic (exact) mass is 74.1 g/mol. The SMILES string of the molecule is CC(F)[B]N. The van der Waals surface area contributed by atoms with Gasteiger partial charge in [0, 0.05) is 0 Å². The average Bonchev–Trinajstić information content (AvgIpc) is 1.38. The maximum absolute atomic E-state index is 11.2. The second-order valence-electron chi connectivity index (χ2n) is 0.870. The minimum absolute atomic E-state index is 0.963. The maximum Gasteiger partial charge on any atom is 0.245 e. The first-order valence-corrected chi connectivity index (χ1v) is 1.46. The van der Waals surface area contributed by atoms with Crippen LogP contribution in [0.15, 0.2) is 0 Å². The fraction of sp³-hybridized carbons (Fsp3) is 1.00. The van der Waals surface area contributed by atoms with E-state index in [2.05, 4.69) is 5.64 Å². The topological polar surface area (TPSA) is 26.0 Å². The first-order chi connectivity index (χ1) is 2.27. The second kappa shape index (κ2) is 2.21. The highest BCUT2D eigenvalue weighted by atomic mass is 19.1. The molecule has 0 saturated heterocycles. The van der Waals surface area contributed by atoms with Crippen molar-refractivity contribution in [3.8, 4) is 0 Å². The molecule has 0 fully saturated rings. The van der Waals surface area contributed by atoms with Crippen LogP contribution in [0.1, 0.15) is 6.92 Å². The van der Waals surface area contributed by atoms with Crippen molar-refractivity contribution >= 4 is 7.41 Å². The number of halogens is 1. The predicted molar refractivity (Wildman–Crippen MR) is 20.5 cm³/mol. The minimum atomic E-state index is -0.963. The number of hydrogen-bond donors (Lipinski definition) is 1. The van der Waals surface area contributed by atoms with Gasteiger partial charge in [-0.05, 0) is 6.92 Å². The predicted octanol–water partition coefficient (Wildman–Crippen LogP) is -0.120. The number of alkyl halides is 1. The molecule has 0 aliphatic heterocycles. The molecule has 0 aliphatic rings. The van der Waals surface area contributed by atoms with Crippen LogP contribution in [0.25, 0.3) is 0 Å². The average molecular weight is 73.9 g/mol. The van der Waals surface area contributed by atoms with Crippen LogP contribution in [0.2, 0.25) is 0 Å². The van der Waals surface area contributed by atoms with Crippen LogP contribution in [0.5, 0.6) is 0 Å². The van der Waals surface area contributed by atoms with Gasteiger partial charge in [-0.2, -0.15) is 0 Å². The minimum Gasteiger partial charge on any atom is -0.372 e. The molecule has 1 atom stereocenters. The van der Waals surface area contributed by atoms with Crippen molar-refractivity contribution in [3.63, 3.8) is 0 Å². The summed E-state index contributed by atoms with van der Waals surface area (Å²) in [6.45, 7) is 1.38. The van der Waals surface area contributed by atoms with Gasteiger partial charge in [-0.25, -0.2) is 0 Å². The Kier molecular flexibility index (Phi) is 2.19. The molecule has 0 aliphatic carbocycles. The molecule has 3 heteroatoms. The zero-order valence-electron chi connectivity index (χ0n) is 3.11. The smallest absolute Gasteiger partial charge is 0.245 e. The molecular weight excluding hydrogens is 67.8 g/mol. The lowest BCUT2D eigenvalue weighted by atomic mass is 9.91. The summed E-state index contributed by atoms with van der Waals surface area (Å²) in [5.41, 5.74) is 4.67. The number of rotatable bonds is 1. The van der Waals surface area contributed by atoms with Gasteiger partial charge in [0.15, 0.2) is 0 Å². The van der Waals surface area contributed by atoms with Crippen LogP contribution in [0.4, 0.5) is 4.39 Å². The van der Waals surface area contributed by atoms with E-state index >= 15 is 0 Å². The van der Waals surface area contributed by atoms with Gasteiger partial charge in [0.2, 0.25) is 7.41 Å². The summed E-state index contributed by atoms with van der Waals surface area (Å²) in [7, 11) is 1.00. The number of nitrogens with two attached hydrogens (primary N) is 1. The summed E-state index contributed by atoms with van der Waals surface area (Å²) in [6.07, 6.45) is -0.963. The summed E-state index contributed by atoms with van der Waals surface area (Å²) in [4.78, 5) is 0. The summed E-state index contributed by atoms with van der Waals surface area (Å²) in [5, 5.41) is 0. The first-order valence-electron chi connectivity index (χ1n) is 1.46. The van der Waals surface area contributed by atoms with Crippen molar-refractivity contribution in [2.45, 2.75) is 13.0 Å². The van der Waals surface area contributed by atoms with Crippen molar-refractivity contribution in [1.29, 1.82) is 0 Å². The highest BCUT2D eigenvalue weighted by Gasteiger charge is 1.90. The lowest BCUT2D eigenvalue weighted by molar-refractivity contribution is 0.468. The molecule has 29 valence electrons. The van der Waals surface area contributed by atoms with Crippen LogP contribution in [-0.4, -0.2) is 13.5 Å². The third kappa shape index (κ3) is 3.95. The van der Waals surface area contributed by atoms with Crippen LogP contribution in [0, 0.1) is 0 Å². The molecule has 0 saturated carbocycles. The molecule has 5 heavy (non-hydrogen) atoms. The number of hydrogen-bond acceptors (Lipinski definition) is 1. The molecule has 0 spiro atoms. The molecule has 0 amide bonds. The van der Waals surface area contributed by atoms with Gasteiger partial charge in [-0.3, -0.25) is 4.39 Å².